The Labute approximate surface area is 192 Å². The van der Waals surface area contributed by atoms with Crippen LogP contribution in [0.15, 0.2) is 30.3 Å². The third-order valence-electron chi connectivity index (χ3n) is 7.02. The molecule has 3 saturated heterocycles. The van der Waals surface area contributed by atoms with Crippen LogP contribution in [0, 0.1) is 11.8 Å². The lowest BCUT2D eigenvalue weighted by Crippen LogP contribution is -2.51. The first-order chi connectivity index (χ1) is 15.5. The first kappa shape index (κ1) is 23.1. The molecule has 3 amide bonds. The molecule has 0 radical (unpaired) electrons. The summed E-state index contributed by atoms with van der Waals surface area (Å²) in [5, 5.41) is 2.95. The zero-order chi connectivity index (χ0) is 22.5. The second-order valence-corrected chi connectivity index (χ2v) is 9.83. The number of likely N-dealkylation sites (tertiary alicyclic amines) is 2. The van der Waals surface area contributed by atoms with Gasteiger partial charge in [-0.25, -0.2) is 4.79 Å². The lowest BCUT2D eigenvalue weighted by atomic mass is 9.92. The highest BCUT2D eigenvalue weighted by molar-refractivity contribution is 5.90. The van der Waals surface area contributed by atoms with Gasteiger partial charge in [0.2, 0.25) is 5.91 Å². The molecule has 3 aliphatic rings. The number of morpholine rings is 1. The molecule has 0 bridgehead atoms. The molecule has 3 fully saturated rings. The Morgan fingerprint density at radius 1 is 0.938 bits per heavy atom. The Balaban J connectivity index is 1.23. The predicted octanol–water partition coefficient (Wildman–Crippen LogP) is 3.28. The molecular formula is C25H38N4O3. The van der Waals surface area contributed by atoms with Crippen LogP contribution in [0.4, 0.5) is 10.5 Å². The monoisotopic (exact) mass is 442 g/mol. The number of anilines is 1. The minimum atomic E-state index is -0.110. The minimum Gasteiger partial charge on any atom is -0.373 e. The summed E-state index contributed by atoms with van der Waals surface area (Å²) in [5.41, 5.74) is 0.789. The zero-order valence-corrected chi connectivity index (χ0v) is 19.5. The molecule has 176 valence electrons. The van der Waals surface area contributed by atoms with Crippen LogP contribution in [0.2, 0.25) is 0 Å². The largest absolute Gasteiger partial charge is 0.373 e. The first-order valence-electron chi connectivity index (χ1n) is 12.3. The van der Waals surface area contributed by atoms with Gasteiger partial charge in [-0.2, -0.15) is 0 Å². The number of hydrogen-bond acceptors (Lipinski definition) is 4. The number of benzene rings is 1. The van der Waals surface area contributed by atoms with Crippen molar-refractivity contribution >= 4 is 17.6 Å². The number of nitrogens with one attached hydrogen (secondary N) is 1. The predicted molar refractivity (Wildman–Crippen MR) is 126 cm³/mol. The molecule has 0 aliphatic carbocycles. The molecule has 1 aromatic carbocycles. The Morgan fingerprint density at radius 2 is 1.62 bits per heavy atom. The van der Waals surface area contributed by atoms with Crippen LogP contribution in [-0.4, -0.2) is 84.7 Å². The molecule has 3 atom stereocenters. The second kappa shape index (κ2) is 10.7. The van der Waals surface area contributed by atoms with E-state index in [4.69, 9.17) is 4.74 Å². The van der Waals surface area contributed by atoms with Gasteiger partial charge in [-0.3, -0.25) is 9.69 Å². The molecule has 3 unspecified atom stereocenters. The van der Waals surface area contributed by atoms with E-state index in [-0.39, 0.29) is 17.9 Å². The van der Waals surface area contributed by atoms with Crippen LogP contribution in [0.25, 0.3) is 0 Å². The molecule has 7 heteroatoms. The third-order valence-corrected chi connectivity index (χ3v) is 7.02. The zero-order valence-electron chi connectivity index (χ0n) is 19.5. The van der Waals surface area contributed by atoms with E-state index in [0.717, 1.165) is 64.1 Å². The number of nitrogens with zero attached hydrogens (tertiary/aromatic N) is 3. The van der Waals surface area contributed by atoms with Gasteiger partial charge < -0.3 is 19.9 Å². The normalized spacial score (nSPS) is 27.9. The van der Waals surface area contributed by atoms with E-state index < -0.39 is 0 Å². The van der Waals surface area contributed by atoms with E-state index in [1.54, 1.807) is 4.90 Å². The maximum atomic E-state index is 13.2. The van der Waals surface area contributed by atoms with Gasteiger partial charge in [0.25, 0.3) is 0 Å². The van der Waals surface area contributed by atoms with Gasteiger partial charge in [-0.05, 0) is 57.6 Å². The number of rotatable bonds is 4. The molecular weight excluding hydrogens is 404 g/mol. The van der Waals surface area contributed by atoms with Crippen LogP contribution >= 0.6 is 0 Å². The number of carbonyl (C=O) groups excluding carboxylic acids is 2. The fourth-order valence-electron chi connectivity index (χ4n) is 5.48. The first-order valence-corrected chi connectivity index (χ1v) is 12.3. The Bertz CT molecular complexity index is 756. The molecule has 32 heavy (non-hydrogen) atoms. The number of para-hydroxylation sites is 1. The fourth-order valence-corrected chi connectivity index (χ4v) is 5.48. The number of ether oxygens (including phenoxy) is 1. The van der Waals surface area contributed by atoms with Crippen molar-refractivity contribution < 1.29 is 14.3 Å². The number of piperidine rings is 2. The van der Waals surface area contributed by atoms with Crippen molar-refractivity contribution in [2.75, 3.05) is 51.1 Å². The Kier molecular flexibility index (Phi) is 7.68. The highest BCUT2D eigenvalue weighted by atomic mass is 16.5. The number of urea groups is 1. The molecule has 0 aromatic heterocycles. The van der Waals surface area contributed by atoms with Gasteiger partial charge >= 0.3 is 6.03 Å². The SMILES string of the molecule is CC1CN(CC2CCN(C(=O)C3CCCN(C(=O)Nc4ccccc4)C3)CC2)CC(C)O1. The minimum absolute atomic E-state index is 0.0808. The standard InChI is InChI=1S/C25H38N4O3/c1-19-15-27(16-20(2)32-19)17-21-10-13-28(14-11-21)24(30)22-7-6-12-29(18-22)25(31)26-23-8-4-3-5-9-23/h3-5,8-9,19-22H,6-7,10-18H2,1-2H3,(H,26,31). The van der Waals surface area contributed by atoms with Crippen molar-refractivity contribution in [3.05, 3.63) is 30.3 Å². The van der Waals surface area contributed by atoms with Crippen molar-refractivity contribution in [2.45, 2.75) is 51.7 Å². The summed E-state index contributed by atoms with van der Waals surface area (Å²) in [4.78, 5) is 32.2. The molecule has 7 nitrogen and oxygen atoms in total. The van der Waals surface area contributed by atoms with E-state index in [0.29, 0.717) is 31.2 Å². The molecule has 0 saturated carbocycles. The Morgan fingerprint density at radius 3 is 2.31 bits per heavy atom. The number of hydrogen-bond donors (Lipinski definition) is 1. The summed E-state index contributed by atoms with van der Waals surface area (Å²) in [5.74, 6) is 0.799. The van der Waals surface area contributed by atoms with Crippen LogP contribution < -0.4 is 5.32 Å². The van der Waals surface area contributed by atoms with Crippen LogP contribution in [-0.2, 0) is 9.53 Å². The molecule has 4 rings (SSSR count). The highest BCUT2D eigenvalue weighted by Crippen LogP contribution is 2.25. The van der Waals surface area contributed by atoms with E-state index in [1.807, 2.05) is 35.2 Å². The maximum absolute atomic E-state index is 13.2. The lowest BCUT2D eigenvalue weighted by Gasteiger charge is -2.40. The van der Waals surface area contributed by atoms with Crippen molar-refractivity contribution in [1.29, 1.82) is 0 Å². The van der Waals surface area contributed by atoms with Crippen LogP contribution in [0.1, 0.15) is 39.5 Å². The fraction of sp³-hybridized carbons (Fsp3) is 0.680. The van der Waals surface area contributed by atoms with Crippen molar-refractivity contribution in [3.63, 3.8) is 0 Å². The molecule has 1 aromatic rings. The van der Waals surface area contributed by atoms with E-state index in [2.05, 4.69) is 24.1 Å². The van der Waals surface area contributed by atoms with Gasteiger partial charge in [-0.1, -0.05) is 18.2 Å². The molecule has 1 N–H and O–H groups in total. The topological polar surface area (TPSA) is 65.1 Å². The van der Waals surface area contributed by atoms with Crippen molar-refractivity contribution in [1.82, 2.24) is 14.7 Å². The van der Waals surface area contributed by atoms with Gasteiger partial charge in [0.1, 0.15) is 0 Å². The quantitative estimate of drug-likeness (QED) is 0.777. The maximum Gasteiger partial charge on any atom is 0.321 e. The van der Waals surface area contributed by atoms with E-state index in [1.165, 1.54) is 0 Å². The van der Waals surface area contributed by atoms with Crippen molar-refractivity contribution in [2.24, 2.45) is 11.8 Å². The van der Waals surface area contributed by atoms with Gasteiger partial charge in [0.05, 0.1) is 18.1 Å². The van der Waals surface area contributed by atoms with Crippen LogP contribution in [0.5, 0.6) is 0 Å². The summed E-state index contributed by atoms with van der Waals surface area (Å²) in [6, 6.07) is 9.39. The molecule has 3 heterocycles. The lowest BCUT2D eigenvalue weighted by molar-refractivity contribution is -0.138. The molecule has 0 spiro atoms. The van der Waals surface area contributed by atoms with Gasteiger partial charge in [0.15, 0.2) is 0 Å². The van der Waals surface area contributed by atoms with Gasteiger partial charge in [-0.15, -0.1) is 0 Å². The van der Waals surface area contributed by atoms with Crippen molar-refractivity contribution in [3.8, 4) is 0 Å². The number of carbonyl (C=O) groups is 2. The summed E-state index contributed by atoms with van der Waals surface area (Å²) >= 11 is 0. The second-order valence-electron chi connectivity index (χ2n) is 9.83. The average molecular weight is 443 g/mol. The summed E-state index contributed by atoms with van der Waals surface area (Å²) in [6.45, 7) is 10.3. The van der Waals surface area contributed by atoms with E-state index >= 15 is 0 Å². The average Bonchev–Trinajstić information content (AvgIpc) is 2.79. The highest BCUT2D eigenvalue weighted by Gasteiger charge is 2.34. The smallest absolute Gasteiger partial charge is 0.321 e. The summed E-state index contributed by atoms with van der Waals surface area (Å²) in [6.07, 6.45) is 4.48. The third kappa shape index (κ3) is 6.01. The Hall–Kier alpha value is -2.12. The van der Waals surface area contributed by atoms with Crippen LogP contribution in [0.3, 0.4) is 0 Å². The summed E-state index contributed by atoms with van der Waals surface area (Å²) in [7, 11) is 0. The molecule has 3 aliphatic heterocycles. The number of amides is 3. The van der Waals surface area contributed by atoms with E-state index in [9.17, 15) is 9.59 Å². The summed E-state index contributed by atoms with van der Waals surface area (Å²) < 4.78 is 5.85. The van der Waals surface area contributed by atoms with Gasteiger partial charge in [0, 0.05) is 51.5 Å².